The molecule has 7 nitrogen and oxygen atoms in total. The number of carbonyl (C=O) groups is 1. The molecule has 0 bridgehead atoms. The molecule has 1 aliphatic heterocycles. The van der Waals surface area contributed by atoms with E-state index in [-0.39, 0.29) is 11.9 Å². The number of aromatic nitrogens is 3. The van der Waals surface area contributed by atoms with Crippen molar-refractivity contribution in [3.8, 4) is 11.4 Å². The van der Waals surface area contributed by atoms with Crippen molar-refractivity contribution < 1.29 is 9.53 Å². The zero-order chi connectivity index (χ0) is 17.2. The Bertz CT molecular complexity index is 730. The van der Waals surface area contributed by atoms with Crippen molar-refractivity contribution in [1.29, 1.82) is 0 Å². The molecule has 0 unspecified atom stereocenters. The fraction of sp³-hybridized carbons (Fsp3) is 0.500. The number of piperidine rings is 1. The molecule has 2 heterocycles. The molecule has 1 saturated heterocycles. The Kier molecular flexibility index (Phi) is 4.40. The Labute approximate surface area is 146 Å². The maximum absolute atomic E-state index is 11.1. The first-order chi connectivity index (χ1) is 12.2. The van der Waals surface area contributed by atoms with Crippen LogP contribution >= 0.6 is 0 Å². The van der Waals surface area contributed by atoms with E-state index in [0.717, 1.165) is 43.4 Å². The van der Waals surface area contributed by atoms with Crippen molar-refractivity contribution in [1.82, 2.24) is 19.7 Å². The molecule has 1 saturated carbocycles. The van der Waals surface area contributed by atoms with Gasteiger partial charge in [0.2, 0.25) is 5.82 Å². The summed E-state index contributed by atoms with van der Waals surface area (Å²) in [6.07, 6.45) is 8.06. The third-order valence-corrected chi connectivity index (χ3v) is 5.18. The lowest BCUT2D eigenvalue weighted by molar-refractivity contribution is 0.0493. The number of hydrogen-bond donors (Lipinski definition) is 1. The molecule has 2 aliphatic rings. The highest BCUT2D eigenvalue weighted by Crippen LogP contribution is 2.28. The predicted molar refractivity (Wildman–Crippen MR) is 92.7 cm³/mol. The van der Waals surface area contributed by atoms with E-state index in [4.69, 9.17) is 10.5 Å². The van der Waals surface area contributed by atoms with E-state index in [1.807, 2.05) is 24.3 Å². The van der Waals surface area contributed by atoms with E-state index in [1.54, 1.807) is 0 Å². The van der Waals surface area contributed by atoms with Gasteiger partial charge in [0.1, 0.15) is 18.2 Å². The molecule has 0 atom stereocenters. The van der Waals surface area contributed by atoms with Crippen LogP contribution in [0.25, 0.3) is 5.69 Å². The van der Waals surface area contributed by atoms with E-state index in [0.29, 0.717) is 0 Å². The van der Waals surface area contributed by atoms with E-state index in [9.17, 15) is 4.79 Å². The van der Waals surface area contributed by atoms with Gasteiger partial charge < -0.3 is 15.4 Å². The molecule has 1 aromatic carbocycles. The first-order valence-electron chi connectivity index (χ1n) is 8.91. The number of likely N-dealkylation sites (tertiary alicyclic amines) is 1. The molecule has 0 radical (unpaired) electrons. The van der Waals surface area contributed by atoms with Crippen molar-refractivity contribution in [2.45, 2.75) is 44.2 Å². The number of nitrogens with zero attached hydrogens (tertiary/aromatic N) is 4. The summed E-state index contributed by atoms with van der Waals surface area (Å²) < 4.78 is 7.65. The second-order valence-corrected chi connectivity index (χ2v) is 6.81. The maximum Gasteiger partial charge on any atom is 0.288 e. The van der Waals surface area contributed by atoms with E-state index >= 15 is 0 Å². The lowest BCUT2D eigenvalue weighted by atomic mass is 9.90. The van der Waals surface area contributed by atoms with E-state index < -0.39 is 5.91 Å². The highest BCUT2D eigenvalue weighted by molar-refractivity contribution is 5.88. The van der Waals surface area contributed by atoms with Crippen molar-refractivity contribution in [3.63, 3.8) is 0 Å². The van der Waals surface area contributed by atoms with Crippen LogP contribution < -0.4 is 10.5 Å². The summed E-state index contributed by atoms with van der Waals surface area (Å²) in [6, 6.07) is 8.49. The molecule has 4 rings (SSSR count). The standard InChI is InChI=1S/C18H23N5O2/c19-17(24)18-20-12-23(21-18)14-4-6-15(7-5-14)25-16-8-10-22(11-9-16)13-2-1-3-13/h4-7,12-13,16H,1-3,8-11H2,(H2,19,24). The van der Waals surface area contributed by atoms with Gasteiger partial charge in [-0.25, -0.2) is 9.67 Å². The van der Waals surface area contributed by atoms with Crippen molar-refractivity contribution >= 4 is 5.91 Å². The Hall–Kier alpha value is -2.41. The minimum absolute atomic E-state index is 0.0125. The average Bonchev–Trinajstić information content (AvgIpc) is 3.06. The molecule has 2 fully saturated rings. The van der Waals surface area contributed by atoms with E-state index in [1.165, 1.54) is 30.3 Å². The van der Waals surface area contributed by atoms with Gasteiger partial charge in [-0.1, -0.05) is 6.42 Å². The molecule has 1 aliphatic carbocycles. The molecule has 7 heteroatoms. The van der Waals surface area contributed by atoms with Crippen LogP contribution in [0.15, 0.2) is 30.6 Å². The van der Waals surface area contributed by atoms with Crippen LogP contribution in [-0.2, 0) is 0 Å². The topological polar surface area (TPSA) is 86.3 Å². The molecule has 2 aromatic rings. The van der Waals surface area contributed by atoms with Crippen LogP contribution in [0.5, 0.6) is 5.75 Å². The van der Waals surface area contributed by atoms with Crippen molar-refractivity contribution in [2.24, 2.45) is 5.73 Å². The zero-order valence-corrected chi connectivity index (χ0v) is 14.2. The molecule has 1 aromatic heterocycles. The number of carbonyl (C=O) groups excluding carboxylic acids is 1. The quantitative estimate of drug-likeness (QED) is 0.895. The lowest BCUT2D eigenvalue weighted by Gasteiger charge is -2.41. The largest absolute Gasteiger partial charge is 0.490 e. The first-order valence-corrected chi connectivity index (χ1v) is 8.91. The Morgan fingerprint density at radius 3 is 2.40 bits per heavy atom. The number of hydrogen-bond acceptors (Lipinski definition) is 5. The van der Waals surface area contributed by atoms with Crippen molar-refractivity contribution in [2.75, 3.05) is 13.1 Å². The van der Waals surface area contributed by atoms with E-state index in [2.05, 4.69) is 15.0 Å². The third kappa shape index (κ3) is 3.51. The van der Waals surface area contributed by atoms with Crippen LogP contribution in [0, 0.1) is 0 Å². The summed E-state index contributed by atoms with van der Waals surface area (Å²) in [5.41, 5.74) is 5.99. The van der Waals surface area contributed by atoms with Gasteiger partial charge in [-0.05, 0) is 49.9 Å². The molecular weight excluding hydrogens is 318 g/mol. The molecular formula is C18H23N5O2. The summed E-state index contributed by atoms with van der Waals surface area (Å²) in [4.78, 5) is 17.6. The number of nitrogens with two attached hydrogens (primary N) is 1. The van der Waals surface area contributed by atoms with Crippen molar-refractivity contribution in [3.05, 3.63) is 36.4 Å². The van der Waals surface area contributed by atoms with Gasteiger partial charge in [0.05, 0.1) is 5.69 Å². The van der Waals surface area contributed by atoms with Gasteiger partial charge in [0.25, 0.3) is 5.91 Å². The third-order valence-electron chi connectivity index (χ3n) is 5.18. The molecule has 132 valence electrons. The number of rotatable bonds is 5. The number of ether oxygens (including phenoxy) is 1. The first kappa shape index (κ1) is 16.1. The molecule has 2 N–H and O–H groups in total. The minimum Gasteiger partial charge on any atom is -0.490 e. The SMILES string of the molecule is NC(=O)c1ncn(-c2ccc(OC3CCN(C4CCC4)CC3)cc2)n1. The van der Waals surface area contributed by atoms with Crippen LogP contribution in [0.1, 0.15) is 42.7 Å². The summed E-state index contributed by atoms with van der Waals surface area (Å²) in [5, 5.41) is 4.05. The highest BCUT2D eigenvalue weighted by Gasteiger charge is 2.29. The van der Waals surface area contributed by atoms with Gasteiger partial charge in [0.15, 0.2) is 0 Å². The minimum atomic E-state index is -0.632. The second kappa shape index (κ2) is 6.84. The van der Waals surface area contributed by atoms with Gasteiger partial charge in [0, 0.05) is 19.1 Å². The lowest BCUT2D eigenvalue weighted by Crippen LogP contribution is -2.46. The average molecular weight is 341 g/mol. The number of amides is 1. The molecule has 0 spiro atoms. The summed E-state index contributed by atoms with van der Waals surface area (Å²) >= 11 is 0. The molecule has 1 amide bonds. The summed E-state index contributed by atoms with van der Waals surface area (Å²) in [6.45, 7) is 2.28. The fourth-order valence-electron chi connectivity index (χ4n) is 3.48. The number of benzene rings is 1. The Balaban J connectivity index is 1.33. The van der Waals surface area contributed by atoms with Crippen LogP contribution in [0.4, 0.5) is 0 Å². The molecule has 25 heavy (non-hydrogen) atoms. The zero-order valence-electron chi connectivity index (χ0n) is 14.2. The summed E-state index contributed by atoms with van der Waals surface area (Å²) in [7, 11) is 0. The Morgan fingerprint density at radius 1 is 1.12 bits per heavy atom. The van der Waals surface area contributed by atoms with Crippen LogP contribution in [-0.4, -0.2) is 50.8 Å². The summed E-state index contributed by atoms with van der Waals surface area (Å²) in [5.74, 6) is 0.242. The second-order valence-electron chi connectivity index (χ2n) is 6.81. The van der Waals surface area contributed by atoms with Crippen LogP contribution in [0.2, 0.25) is 0 Å². The predicted octanol–water partition coefficient (Wildman–Crippen LogP) is 1.76. The van der Waals surface area contributed by atoms with Crippen LogP contribution in [0.3, 0.4) is 0 Å². The van der Waals surface area contributed by atoms with Gasteiger partial charge in [-0.15, -0.1) is 5.10 Å². The number of primary amides is 1. The fourth-order valence-corrected chi connectivity index (χ4v) is 3.48. The van der Waals surface area contributed by atoms with Gasteiger partial charge in [-0.2, -0.15) is 0 Å². The normalized spacial score (nSPS) is 19.5. The Morgan fingerprint density at radius 2 is 1.84 bits per heavy atom. The van der Waals surface area contributed by atoms with Gasteiger partial charge in [-0.3, -0.25) is 4.79 Å². The smallest absolute Gasteiger partial charge is 0.288 e. The monoisotopic (exact) mass is 341 g/mol. The van der Waals surface area contributed by atoms with Gasteiger partial charge >= 0.3 is 0 Å². The highest BCUT2D eigenvalue weighted by atomic mass is 16.5. The maximum atomic E-state index is 11.1.